The van der Waals surface area contributed by atoms with E-state index < -0.39 is 5.60 Å². The fraction of sp³-hybridized carbons (Fsp3) is 0.500. The summed E-state index contributed by atoms with van der Waals surface area (Å²) in [6, 6.07) is 0. The minimum absolute atomic E-state index is 0.400. The predicted octanol–water partition coefficient (Wildman–Crippen LogP) is 2.09. The van der Waals surface area contributed by atoms with E-state index in [0.29, 0.717) is 6.61 Å². The van der Waals surface area contributed by atoms with E-state index in [9.17, 15) is 0 Å². The zero-order chi connectivity index (χ0) is 8.04. The molecule has 0 saturated heterocycles. The Labute approximate surface area is 62.1 Å². The molecule has 10 heavy (non-hydrogen) atoms. The van der Waals surface area contributed by atoms with E-state index in [-0.39, 0.29) is 0 Å². The summed E-state index contributed by atoms with van der Waals surface area (Å²) in [7, 11) is 0. The van der Waals surface area contributed by atoms with Crippen LogP contribution in [0.25, 0.3) is 0 Å². The number of rotatable bonds is 5. The lowest BCUT2D eigenvalue weighted by Crippen LogP contribution is -2.20. The van der Waals surface area contributed by atoms with Gasteiger partial charge in [0.25, 0.3) is 0 Å². The van der Waals surface area contributed by atoms with Crippen molar-refractivity contribution in [2.24, 2.45) is 0 Å². The Bertz CT molecular complexity index is 116. The van der Waals surface area contributed by atoms with Gasteiger partial charge in [0.1, 0.15) is 12.2 Å². The molecule has 0 aliphatic rings. The highest BCUT2D eigenvalue weighted by molar-refractivity contribution is 4.88. The fourth-order valence-corrected chi connectivity index (χ4v) is 0.268. The molecule has 0 aliphatic heterocycles. The van der Waals surface area contributed by atoms with Crippen molar-refractivity contribution in [3.8, 4) is 0 Å². The molecule has 0 saturated carbocycles. The first kappa shape index (κ1) is 9.40. The first-order valence-corrected chi connectivity index (χ1v) is 3.17. The third-order valence-corrected chi connectivity index (χ3v) is 0.951. The zero-order valence-corrected chi connectivity index (χ0v) is 6.59. The van der Waals surface area contributed by atoms with Gasteiger partial charge in [-0.1, -0.05) is 12.2 Å². The summed E-state index contributed by atoms with van der Waals surface area (Å²) in [5, 5.41) is 0. The van der Waals surface area contributed by atoms with Crippen LogP contribution < -0.4 is 0 Å². The van der Waals surface area contributed by atoms with Gasteiger partial charge >= 0.3 is 0 Å². The average Bonchev–Trinajstić information content (AvgIpc) is 1.89. The monoisotopic (exact) mass is 142 g/mol. The van der Waals surface area contributed by atoms with Crippen LogP contribution in [0.3, 0.4) is 0 Å². The van der Waals surface area contributed by atoms with Crippen molar-refractivity contribution in [2.45, 2.75) is 19.4 Å². The molecule has 0 aliphatic carbocycles. The van der Waals surface area contributed by atoms with Gasteiger partial charge in [-0.3, -0.25) is 0 Å². The van der Waals surface area contributed by atoms with Crippen LogP contribution in [0.5, 0.6) is 0 Å². The maximum Gasteiger partial charge on any atom is 0.116 e. The fourth-order valence-electron chi connectivity index (χ4n) is 0.268. The average molecular weight is 142 g/mol. The summed E-state index contributed by atoms with van der Waals surface area (Å²) in [6.07, 6.45) is 3.30. The molecule has 0 fully saturated rings. The highest BCUT2D eigenvalue weighted by Crippen LogP contribution is 2.09. The molecule has 0 amide bonds. The van der Waals surface area contributed by atoms with Crippen molar-refractivity contribution in [2.75, 3.05) is 6.61 Å². The van der Waals surface area contributed by atoms with Gasteiger partial charge < -0.3 is 0 Å². The molecule has 2 heteroatoms. The standard InChI is InChI=1S/C8H14O2/c1-5-7-9-10-8(3,4)6-2/h5-6H,1-2,7H2,3-4H3. The molecule has 0 spiro atoms. The van der Waals surface area contributed by atoms with E-state index in [1.54, 1.807) is 12.2 Å². The van der Waals surface area contributed by atoms with Gasteiger partial charge in [0, 0.05) is 0 Å². The Hall–Kier alpha value is -0.600. The van der Waals surface area contributed by atoms with Crippen LogP contribution in [0, 0.1) is 0 Å². The first-order valence-electron chi connectivity index (χ1n) is 3.17. The van der Waals surface area contributed by atoms with Crippen LogP contribution in [0.4, 0.5) is 0 Å². The molecule has 0 unspecified atom stereocenters. The second kappa shape index (κ2) is 4.25. The second-order valence-corrected chi connectivity index (χ2v) is 2.46. The van der Waals surface area contributed by atoms with E-state index >= 15 is 0 Å². The molecule has 0 atom stereocenters. The summed E-state index contributed by atoms with van der Waals surface area (Å²) >= 11 is 0. The maximum atomic E-state index is 4.93. The van der Waals surface area contributed by atoms with E-state index in [2.05, 4.69) is 13.2 Å². The molecule has 0 bridgehead atoms. The van der Waals surface area contributed by atoms with Crippen LogP contribution in [-0.4, -0.2) is 12.2 Å². The predicted molar refractivity (Wildman–Crippen MR) is 41.5 cm³/mol. The largest absolute Gasteiger partial charge is 0.232 e. The van der Waals surface area contributed by atoms with Gasteiger partial charge in [-0.25, -0.2) is 9.78 Å². The van der Waals surface area contributed by atoms with Crippen LogP contribution in [0.1, 0.15) is 13.8 Å². The normalized spacial score (nSPS) is 11.0. The molecule has 0 aromatic carbocycles. The van der Waals surface area contributed by atoms with Crippen molar-refractivity contribution in [1.82, 2.24) is 0 Å². The topological polar surface area (TPSA) is 18.5 Å². The van der Waals surface area contributed by atoms with Crippen LogP contribution in [-0.2, 0) is 9.78 Å². The second-order valence-electron chi connectivity index (χ2n) is 2.46. The molecule has 0 rings (SSSR count). The van der Waals surface area contributed by atoms with Crippen molar-refractivity contribution < 1.29 is 9.78 Å². The van der Waals surface area contributed by atoms with Gasteiger partial charge in [-0.05, 0) is 13.8 Å². The molecule has 58 valence electrons. The van der Waals surface area contributed by atoms with Crippen molar-refractivity contribution in [1.29, 1.82) is 0 Å². The van der Waals surface area contributed by atoms with E-state index in [1.807, 2.05) is 13.8 Å². The Morgan fingerprint density at radius 2 is 2.00 bits per heavy atom. The molecule has 0 aromatic rings. The van der Waals surface area contributed by atoms with Crippen molar-refractivity contribution in [3.05, 3.63) is 25.3 Å². The van der Waals surface area contributed by atoms with E-state index in [4.69, 9.17) is 9.78 Å². The highest BCUT2D eigenvalue weighted by atomic mass is 17.2. The van der Waals surface area contributed by atoms with Crippen molar-refractivity contribution >= 4 is 0 Å². The molecule has 0 aromatic heterocycles. The van der Waals surface area contributed by atoms with Gasteiger partial charge in [-0.15, -0.1) is 13.2 Å². The third-order valence-electron chi connectivity index (χ3n) is 0.951. The van der Waals surface area contributed by atoms with Crippen LogP contribution >= 0.6 is 0 Å². The Morgan fingerprint density at radius 3 is 2.40 bits per heavy atom. The first-order chi connectivity index (χ1) is 4.62. The molecular formula is C8H14O2. The zero-order valence-electron chi connectivity index (χ0n) is 6.59. The number of hydrogen-bond donors (Lipinski definition) is 0. The molecule has 0 heterocycles. The minimum atomic E-state index is -0.414. The van der Waals surface area contributed by atoms with Crippen LogP contribution in [0.15, 0.2) is 25.3 Å². The number of hydrogen-bond acceptors (Lipinski definition) is 2. The Morgan fingerprint density at radius 1 is 1.40 bits per heavy atom. The smallest absolute Gasteiger partial charge is 0.116 e. The lowest BCUT2D eigenvalue weighted by atomic mass is 10.1. The minimum Gasteiger partial charge on any atom is -0.232 e. The molecular weight excluding hydrogens is 128 g/mol. The lowest BCUT2D eigenvalue weighted by molar-refractivity contribution is -0.333. The Balaban J connectivity index is 3.46. The maximum absolute atomic E-state index is 4.93. The SMILES string of the molecule is C=CCOOC(C)(C)C=C. The summed E-state index contributed by atoms with van der Waals surface area (Å²) < 4.78 is 0. The summed E-state index contributed by atoms with van der Waals surface area (Å²) in [4.78, 5) is 9.68. The van der Waals surface area contributed by atoms with Crippen LogP contribution in [0.2, 0.25) is 0 Å². The van der Waals surface area contributed by atoms with Gasteiger partial charge in [-0.2, -0.15) is 0 Å². The van der Waals surface area contributed by atoms with Gasteiger partial charge in [0.05, 0.1) is 0 Å². The Kier molecular flexibility index (Phi) is 4.00. The quantitative estimate of drug-likeness (QED) is 0.253. The summed E-state index contributed by atoms with van der Waals surface area (Å²) in [5.74, 6) is 0. The third kappa shape index (κ3) is 4.30. The van der Waals surface area contributed by atoms with Crippen molar-refractivity contribution in [3.63, 3.8) is 0 Å². The van der Waals surface area contributed by atoms with E-state index in [0.717, 1.165) is 0 Å². The van der Waals surface area contributed by atoms with E-state index in [1.165, 1.54) is 0 Å². The van der Waals surface area contributed by atoms with Gasteiger partial charge in [0.15, 0.2) is 0 Å². The molecule has 0 radical (unpaired) electrons. The summed E-state index contributed by atoms with van der Waals surface area (Å²) in [5.41, 5.74) is -0.414. The summed E-state index contributed by atoms with van der Waals surface area (Å²) in [6.45, 7) is 11.2. The highest BCUT2D eigenvalue weighted by Gasteiger charge is 2.13. The van der Waals surface area contributed by atoms with Gasteiger partial charge in [0.2, 0.25) is 0 Å². The molecule has 0 N–H and O–H groups in total. The molecule has 2 nitrogen and oxygen atoms in total. The lowest BCUT2D eigenvalue weighted by Gasteiger charge is -2.17.